The fourth-order valence-corrected chi connectivity index (χ4v) is 3.88. The van der Waals surface area contributed by atoms with E-state index in [9.17, 15) is 9.59 Å². The van der Waals surface area contributed by atoms with Gasteiger partial charge < -0.3 is 16.0 Å². The number of Topliss-reactive ketones (excluding diaryl/α,β-unsaturated/α-hetero) is 1. The second-order valence-electron chi connectivity index (χ2n) is 8.37. The van der Waals surface area contributed by atoms with E-state index in [1.54, 1.807) is 13.0 Å². The maximum absolute atomic E-state index is 12.8. The molecule has 0 atom stereocenters. The molecule has 1 aliphatic carbocycles. The van der Waals surface area contributed by atoms with Crippen molar-refractivity contribution in [2.45, 2.75) is 78.4 Å². The normalized spacial score (nSPS) is 19.2. The summed E-state index contributed by atoms with van der Waals surface area (Å²) in [6, 6.07) is 0. The van der Waals surface area contributed by atoms with Crippen LogP contribution in [0.15, 0.2) is 29.2 Å². The molecule has 1 aromatic rings. The molecule has 0 spiro atoms. The fraction of sp³-hybridized carbons (Fsp3) is 0.545. The van der Waals surface area contributed by atoms with Crippen LogP contribution in [-0.2, 0) is 22.7 Å². The average molecular weight is 398 g/mol. The van der Waals surface area contributed by atoms with Crippen molar-refractivity contribution in [2.75, 3.05) is 5.32 Å². The third-order valence-electron chi connectivity index (χ3n) is 5.93. The van der Waals surface area contributed by atoms with E-state index in [0.29, 0.717) is 30.2 Å². The third-order valence-corrected chi connectivity index (χ3v) is 5.93. The van der Waals surface area contributed by atoms with Crippen LogP contribution in [0.25, 0.3) is 0 Å². The Morgan fingerprint density at radius 1 is 1.10 bits per heavy atom. The second-order valence-corrected chi connectivity index (χ2v) is 8.37. The van der Waals surface area contributed by atoms with E-state index >= 15 is 0 Å². The van der Waals surface area contributed by atoms with Crippen LogP contribution in [0, 0.1) is 0 Å². The Balaban J connectivity index is 1.79. The van der Waals surface area contributed by atoms with Crippen LogP contribution in [0.1, 0.15) is 71.1 Å². The van der Waals surface area contributed by atoms with Crippen LogP contribution in [0.5, 0.6) is 0 Å². The van der Waals surface area contributed by atoms with Crippen LogP contribution < -0.4 is 16.0 Å². The van der Waals surface area contributed by atoms with Gasteiger partial charge in [0, 0.05) is 36.7 Å². The number of hydrogen-bond donors (Lipinski definition) is 3. The molecule has 3 N–H and O–H groups in total. The van der Waals surface area contributed by atoms with Gasteiger partial charge in [-0.1, -0.05) is 19.3 Å². The van der Waals surface area contributed by atoms with Crippen molar-refractivity contribution < 1.29 is 9.59 Å². The first kappa shape index (κ1) is 21.2. The SMILES string of the molecule is CC(=O)/C(=C\C(C)=C(/C)C(=O)NC1(C)CCCCC1)Nc1ncnc2c1CNC2. The molecule has 2 aliphatic rings. The van der Waals surface area contributed by atoms with E-state index < -0.39 is 0 Å². The van der Waals surface area contributed by atoms with Crippen LogP contribution in [0.3, 0.4) is 0 Å². The number of nitrogens with zero attached hydrogens (tertiary/aromatic N) is 2. The van der Waals surface area contributed by atoms with Gasteiger partial charge in [-0.2, -0.15) is 0 Å². The number of aromatic nitrogens is 2. The molecule has 0 saturated heterocycles. The number of carbonyl (C=O) groups is 2. The first-order valence-electron chi connectivity index (χ1n) is 10.3. The van der Waals surface area contributed by atoms with Crippen molar-refractivity contribution in [2.24, 2.45) is 0 Å². The Morgan fingerprint density at radius 2 is 1.83 bits per heavy atom. The minimum atomic E-state index is -0.142. The van der Waals surface area contributed by atoms with Gasteiger partial charge in [-0.3, -0.25) is 9.59 Å². The fourth-order valence-electron chi connectivity index (χ4n) is 3.88. The number of anilines is 1. The van der Waals surface area contributed by atoms with Gasteiger partial charge in [0.15, 0.2) is 5.78 Å². The Labute approximate surface area is 172 Å². The second kappa shape index (κ2) is 8.86. The predicted molar refractivity (Wildman–Crippen MR) is 113 cm³/mol. The van der Waals surface area contributed by atoms with Crippen LogP contribution in [-0.4, -0.2) is 27.2 Å². The van der Waals surface area contributed by atoms with E-state index in [4.69, 9.17) is 0 Å². The molecule has 1 aromatic heterocycles. The molecule has 156 valence electrons. The monoisotopic (exact) mass is 397 g/mol. The van der Waals surface area contributed by atoms with Crippen LogP contribution in [0.2, 0.25) is 0 Å². The highest BCUT2D eigenvalue weighted by molar-refractivity contribution is 5.98. The summed E-state index contributed by atoms with van der Waals surface area (Å²) in [5, 5.41) is 9.59. The predicted octanol–water partition coefficient (Wildman–Crippen LogP) is 3.14. The molecule has 1 amide bonds. The average Bonchev–Trinajstić information content (AvgIpc) is 3.16. The number of amides is 1. The number of rotatable bonds is 6. The lowest BCUT2D eigenvalue weighted by molar-refractivity contribution is -0.119. The zero-order valence-corrected chi connectivity index (χ0v) is 17.8. The molecule has 1 fully saturated rings. The molecular formula is C22H31N5O2. The quantitative estimate of drug-likeness (QED) is 0.504. The number of ketones is 1. The summed E-state index contributed by atoms with van der Waals surface area (Å²) < 4.78 is 0. The topological polar surface area (TPSA) is 96.0 Å². The molecule has 7 nitrogen and oxygen atoms in total. The smallest absolute Gasteiger partial charge is 0.247 e. The van der Waals surface area contributed by atoms with Gasteiger partial charge in [0.05, 0.1) is 11.4 Å². The maximum atomic E-state index is 12.8. The van der Waals surface area contributed by atoms with E-state index in [1.165, 1.54) is 19.7 Å². The summed E-state index contributed by atoms with van der Waals surface area (Å²) in [5.41, 5.74) is 3.55. The number of allylic oxidation sites excluding steroid dienone is 3. The number of hydrogen-bond acceptors (Lipinski definition) is 6. The molecule has 1 aliphatic heterocycles. The molecule has 0 unspecified atom stereocenters. The molecule has 29 heavy (non-hydrogen) atoms. The summed E-state index contributed by atoms with van der Waals surface area (Å²) in [7, 11) is 0. The molecule has 1 saturated carbocycles. The molecule has 0 bridgehead atoms. The van der Waals surface area contributed by atoms with Crippen LogP contribution >= 0.6 is 0 Å². The van der Waals surface area contributed by atoms with Gasteiger partial charge in [0.2, 0.25) is 5.91 Å². The van der Waals surface area contributed by atoms with Gasteiger partial charge in [0.25, 0.3) is 0 Å². The molecule has 0 radical (unpaired) electrons. The standard InChI is InChI=1S/C22H31N5O2/c1-14(15(2)21(29)27-22(4)8-6-5-7-9-22)10-18(16(3)28)26-20-17-11-23-12-19(17)24-13-25-20/h10,13,23H,5-9,11-12H2,1-4H3,(H,27,29)(H,24,25,26)/b15-14+,18-10+. The minimum Gasteiger partial charge on any atom is -0.347 e. The Hall–Kier alpha value is -2.54. The van der Waals surface area contributed by atoms with Crippen molar-refractivity contribution in [1.29, 1.82) is 0 Å². The first-order valence-corrected chi connectivity index (χ1v) is 10.3. The summed E-state index contributed by atoms with van der Waals surface area (Å²) in [6.07, 6.45) is 8.78. The summed E-state index contributed by atoms with van der Waals surface area (Å²) in [5.74, 6) is 0.444. The van der Waals surface area contributed by atoms with Gasteiger partial charge >= 0.3 is 0 Å². The first-order chi connectivity index (χ1) is 13.8. The lowest BCUT2D eigenvalue weighted by Crippen LogP contribution is -2.47. The van der Waals surface area contributed by atoms with Crippen molar-refractivity contribution in [3.05, 3.63) is 40.5 Å². The van der Waals surface area contributed by atoms with Crippen molar-refractivity contribution in [3.8, 4) is 0 Å². The van der Waals surface area contributed by atoms with Gasteiger partial charge in [0.1, 0.15) is 12.1 Å². The van der Waals surface area contributed by atoms with E-state index in [-0.39, 0.29) is 17.2 Å². The molecule has 0 aromatic carbocycles. The third kappa shape index (κ3) is 5.09. The molecule has 3 rings (SSSR count). The Bertz CT molecular complexity index is 866. The minimum absolute atomic E-state index is 0.0711. The van der Waals surface area contributed by atoms with Gasteiger partial charge in [-0.15, -0.1) is 0 Å². The van der Waals surface area contributed by atoms with Gasteiger partial charge in [-0.05, 0) is 45.3 Å². The molecule has 7 heteroatoms. The molecule has 2 heterocycles. The summed E-state index contributed by atoms with van der Waals surface area (Å²) >= 11 is 0. The lowest BCUT2D eigenvalue weighted by Gasteiger charge is -2.34. The van der Waals surface area contributed by atoms with E-state index in [0.717, 1.165) is 42.5 Å². The van der Waals surface area contributed by atoms with E-state index in [1.807, 2.05) is 6.92 Å². The Morgan fingerprint density at radius 3 is 2.52 bits per heavy atom. The van der Waals surface area contributed by atoms with Gasteiger partial charge in [-0.25, -0.2) is 9.97 Å². The highest BCUT2D eigenvalue weighted by Gasteiger charge is 2.29. The maximum Gasteiger partial charge on any atom is 0.247 e. The number of carbonyl (C=O) groups excluding carboxylic acids is 2. The zero-order chi connectivity index (χ0) is 21.0. The Kier molecular flexibility index (Phi) is 6.47. The summed E-state index contributed by atoms with van der Waals surface area (Å²) in [4.78, 5) is 33.6. The highest BCUT2D eigenvalue weighted by atomic mass is 16.2. The number of fused-ring (bicyclic) bond motifs is 1. The number of nitrogens with one attached hydrogen (secondary N) is 3. The molecular weight excluding hydrogens is 366 g/mol. The lowest BCUT2D eigenvalue weighted by atomic mass is 9.83. The highest BCUT2D eigenvalue weighted by Crippen LogP contribution is 2.28. The van der Waals surface area contributed by atoms with Crippen molar-refractivity contribution >= 4 is 17.5 Å². The van der Waals surface area contributed by atoms with Crippen molar-refractivity contribution in [1.82, 2.24) is 20.6 Å². The van der Waals surface area contributed by atoms with Crippen LogP contribution in [0.4, 0.5) is 5.82 Å². The van der Waals surface area contributed by atoms with E-state index in [2.05, 4.69) is 32.8 Å². The van der Waals surface area contributed by atoms with Crippen molar-refractivity contribution in [3.63, 3.8) is 0 Å². The summed E-state index contributed by atoms with van der Waals surface area (Å²) in [6.45, 7) is 8.65. The zero-order valence-electron chi connectivity index (χ0n) is 17.8. The largest absolute Gasteiger partial charge is 0.347 e.